The zero-order chi connectivity index (χ0) is 12.8. The third-order valence-electron chi connectivity index (χ3n) is 3.24. The first-order valence-electron chi connectivity index (χ1n) is 6.58. The first kappa shape index (κ1) is 12.8. The zero-order valence-electron chi connectivity index (χ0n) is 11.1. The van der Waals surface area contributed by atoms with E-state index < -0.39 is 0 Å². The fourth-order valence-electron chi connectivity index (χ4n) is 1.98. The van der Waals surface area contributed by atoms with E-state index >= 15 is 0 Å². The molecular weight excluding hydrogens is 222 g/mol. The van der Waals surface area contributed by atoms with Crippen molar-refractivity contribution in [1.82, 2.24) is 15.1 Å². The normalized spacial score (nSPS) is 12.6. The van der Waals surface area contributed by atoms with E-state index in [1.807, 2.05) is 12.3 Å². The number of nitrogens with zero attached hydrogens (tertiary/aromatic N) is 2. The summed E-state index contributed by atoms with van der Waals surface area (Å²) >= 11 is 0. The average Bonchev–Trinajstić information content (AvgIpc) is 2.87. The number of rotatable bonds is 6. The second-order valence-corrected chi connectivity index (χ2v) is 4.61. The highest BCUT2D eigenvalue weighted by Crippen LogP contribution is 2.12. The number of nitrogens with one attached hydrogen (secondary N) is 1. The van der Waals surface area contributed by atoms with E-state index in [0.717, 1.165) is 19.5 Å². The minimum Gasteiger partial charge on any atom is -0.307 e. The van der Waals surface area contributed by atoms with Crippen molar-refractivity contribution in [3.05, 3.63) is 53.9 Å². The van der Waals surface area contributed by atoms with Crippen LogP contribution >= 0.6 is 0 Å². The highest BCUT2D eigenvalue weighted by molar-refractivity contribution is 5.14. The lowest BCUT2D eigenvalue weighted by molar-refractivity contribution is 0.451. The summed E-state index contributed by atoms with van der Waals surface area (Å²) in [5, 5.41) is 7.85. The lowest BCUT2D eigenvalue weighted by atomic mass is 10.2. The Balaban J connectivity index is 1.89. The molecule has 1 aromatic heterocycles. The Morgan fingerprint density at radius 2 is 1.94 bits per heavy atom. The Bertz CT molecular complexity index is 462. The van der Waals surface area contributed by atoms with Gasteiger partial charge in [-0.1, -0.05) is 37.3 Å². The van der Waals surface area contributed by atoms with Gasteiger partial charge in [0.1, 0.15) is 0 Å². The molecule has 0 spiro atoms. The van der Waals surface area contributed by atoms with E-state index in [1.165, 1.54) is 11.3 Å². The summed E-state index contributed by atoms with van der Waals surface area (Å²) < 4.78 is 2.11. The smallest absolute Gasteiger partial charge is 0.0525 e. The van der Waals surface area contributed by atoms with Gasteiger partial charge in [-0.2, -0.15) is 5.10 Å². The van der Waals surface area contributed by atoms with E-state index in [0.29, 0.717) is 6.04 Å². The van der Waals surface area contributed by atoms with Crippen LogP contribution in [-0.4, -0.2) is 9.78 Å². The molecule has 0 saturated heterocycles. The van der Waals surface area contributed by atoms with Crippen molar-refractivity contribution < 1.29 is 0 Å². The van der Waals surface area contributed by atoms with Crippen LogP contribution in [0.15, 0.2) is 42.6 Å². The Morgan fingerprint density at radius 3 is 2.67 bits per heavy atom. The maximum Gasteiger partial charge on any atom is 0.0525 e. The third-order valence-corrected chi connectivity index (χ3v) is 3.24. The van der Waals surface area contributed by atoms with E-state index in [4.69, 9.17) is 0 Å². The van der Waals surface area contributed by atoms with Gasteiger partial charge >= 0.3 is 0 Å². The maximum absolute atomic E-state index is 4.39. The molecule has 18 heavy (non-hydrogen) atoms. The van der Waals surface area contributed by atoms with Crippen LogP contribution in [0.4, 0.5) is 0 Å². The van der Waals surface area contributed by atoms with Crippen molar-refractivity contribution in [3.63, 3.8) is 0 Å². The largest absolute Gasteiger partial charge is 0.307 e. The molecule has 0 radical (unpaired) electrons. The van der Waals surface area contributed by atoms with Crippen molar-refractivity contribution in [3.8, 4) is 0 Å². The van der Waals surface area contributed by atoms with Gasteiger partial charge in [0.25, 0.3) is 0 Å². The highest BCUT2D eigenvalue weighted by atomic mass is 15.3. The first-order chi connectivity index (χ1) is 8.81. The summed E-state index contributed by atoms with van der Waals surface area (Å²) in [7, 11) is 0. The van der Waals surface area contributed by atoms with Crippen molar-refractivity contribution in [2.24, 2.45) is 0 Å². The second kappa shape index (κ2) is 6.36. The fraction of sp³-hybridized carbons (Fsp3) is 0.400. The minimum atomic E-state index is 0.466. The molecule has 1 heterocycles. The molecule has 2 aromatic rings. The predicted molar refractivity (Wildman–Crippen MR) is 74.2 cm³/mol. The van der Waals surface area contributed by atoms with Gasteiger partial charge in [-0.05, 0) is 25.0 Å². The Hall–Kier alpha value is -1.61. The molecule has 1 atom stereocenters. The SMILES string of the molecule is CC[C@H](C)n1nccc1CNCc1ccccc1. The lowest BCUT2D eigenvalue weighted by Crippen LogP contribution is -2.18. The molecule has 0 fully saturated rings. The van der Waals surface area contributed by atoms with Gasteiger partial charge in [0, 0.05) is 25.3 Å². The van der Waals surface area contributed by atoms with E-state index in [9.17, 15) is 0 Å². The molecule has 1 aromatic carbocycles. The van der Waals surface area contributed by atoms with E-state index in [-0.39, 0.29) is 0 Å². The molecule has 0 bridgehead atoms. The summed E-state index contributed by atoms with van der Waals surface area (Å²) in [5.41, 5.74) is 2.56. The van der Waals surface area contributed by atoms with Gasteiger partial charge in [0.15, 0.2) is 0 Å². The molecule has 3 nitrogen and oxygen atoms in total. The molecule has 96 valence electrons. The standard InChI is InChI=1S/C15H21N3/c1-3-13(2)18-15(9-10-17-18)12-16-11-14-7-5-4-6-8-14/h4-10,13,16H,3,11-12H2,1-2H3/t13-/m0/s1. The van der Waals surface area contributed by atoms with E-state index in [2.05, 4.69) is 59.3 Å². The topological polar surface area (TPSA) is 29.9 Å². The fourth-order valence-corrected chi connectivity index (χ4v) is 1.98. The third kappa shape index (κ3) is 3.20. The highest BCUT2D eigenvalue weighted by Gasteiger charge is 2.07. The Morgan fingerprint density at radius 1 is 1.17 bits per heavy atom. The van der Waals surface area contributed by atoms with Gasteiger partial charge in [0.2, 0.25) is 0 Å². The van der Waals surface area contributed by atoms with Crippen molar-refractivity contribution >= 4 is 0 Å². The molecule has 0 unspecified atom stereocenters. The average molecular weight is 243 g/mol. The summed E-state index contributed by atoms with van der Waals surface area (Å²) in [5.74, 6) is 0. The number of aromatic nitrogens is 2. The summed E-state index contributed by atoms with van der Waals surface area (Å²) in [6.45, 7) is 6.15. The van der Waals surface area contributed by atoms with Crippen LogP contribution in [-0.2, 0) is 13.1 Å². The molecule has 1 N–H and O–H groups in total. The van der Waals surface area contributed by atoms with Crippen LogP contribution in [0.25, 0.3) is 0 Å². The zero-order valence-corrected chi connectivity index (χ0v) is 11.1. The number of hydrogen-bond acceptors (Lipinski definition) is 2. The monoisotopic (exact) mass is 243 g/mol. The maximum atomic E-state index is 4.39. The van der Waals surface area contributed by atoms with Crippen LogP contribution in [0, 0.1) is 0 Å². The molecule has 0 aliphatic carbocycles. The minimum absolute atomic E-state index is 0.466. The van der Waals surface area contributed by atoms with Crippen LogP contribution in [0.3, 0.4) is 0 Å². The van der Waals surface area contributed by atoms with Gasteiger partial charge in [-0.25, -0.2) is 0 Å². The molecule has 0 saturated carbocycles. The van der Waals surface area contributed by atoms with Crippen molar-refractivity contribution in [2.75, 3.05) is 0 Å². The summed E-state index contributed by atoms with van der Waals surface area (Å²) in [4.78, 5) is 0. The molecular formula is C15H21N3. The van der Waals surface area contributed by atoms with Crippen LogP contribution < -0.4 is 5.32 Å². The number of hydrogen-bond donors (Lipinski definition) is 1. The van der Waals surface area contributed by atoms with Gasteiger partial charge in [-0.3, -0.25) is 4.68 Å². The first-order valence-corrected chi connectivity index (χ1v) is 6.58. The molecule has 0 amide bonds. The van der Waals surface area contributed by atoms with Gasteiger partial charge in [-0.15, -0.1) is 0 Å². The van der Waals surface area contributed by atoms with Gasteiger partial charge < -0.3 is 5.32 Å². The quantitative estimate of drug-likeness (QED) is 0.844. The second-order valence-electron chi connectivity index (χ2n) is 4.61. The molecule has 0 aliphatic rings. The lowest BCUT2D eigenvalue weighted by Gasteiger charge is -2.14. The van der Waals surface area contributed by atoms with Crippen molar-refractivity contribution in [1.29, 1.82) is 0 Å². The Kier molecular flexibility index (Phi) is 4.53. The Labute approximate surface area is 109 Å². The van der Waals surface area contributed by atoms with Gasteiger partial charge in [0.05, 0.1) is 5.69 Å². The number of benzene rings is 1. The molecule has 3 heteroatoms. The predicted octanol–water partition coefficient (Wildman–Crippen LogP) is 3.14. The van der Waals surface area contributed by atoms with Crippen LogP contribution in [0.5, 0.6) is 0 Å². The van der Waals surface area contributed by atoms with E-state index in [1.54, 1.807) is 0 Å². The summed E-state index contributed by atoms with van der Waals surface area (Å²) in [6.07, 6.45) is 2.99. The van der Waals surface area contributed by atoms with Crippen LogP contribution in [0.2, 0.25) is 0 Å². The molecule has 2 rings (SSSR count). The molecule has 0 aliphatic heterocycles. The van der Waals surface area contributed by atoms with Crippen molar-refractivity contribution in [2.45, 2.75) is 39.4 Å². The van der Waals surface area contributed by atoms with Crippen LogP contribution in [0.1, 0.15) is 37.6 Å². The summed E-state index contributed by atoms with van der Waals surface area (Å²) in [6, 6.07) is 13.0.